The van der Waals surface area contributed by atoms with Crippen LogP contribution < -0.4 is 14.8 Å². The first-order chi connectivity index (χ1) is 16.4. The molecule has 1 aromatic heterocycles. The van der Waals surface area contributed by atoms with Crippen molar-refractivity contribution in [2.45, 2.75) is 25.4 Å². The molecule has 2 aromatic carbocycles. The van der Waals surface area contributed by atoms with Crippen molar-refractivity contribution in [2.24, 2.45) is 0 Å². The van der Waals surface area contributed by atoms with Crippen molar-refractivity contribution in [2.75, 3.05) is 35.0 Å². The highest BCUT2D eigenvalue weighted by molar-refractivity contribution is 7.92. The summed E-state index contributed by atoms with van der Waals surface area (Å²) in [5, 5.41) is 3.65. The van der Waals surface area contributed by atoms with Gasteiger partial charge in [0.05, 0.1) is 18.2 Å². The predicted molar refractivity (Wildman–Crippen MR) is 135 cm³/mol. The highest BCUT2D eigenvalue weighted by atomic mass is 32.2. The molecule has 3 N–H and O–H groups in total. The highest BCUT2D eigenvalue weighted by Gasteiger charge is 2.23. The van der Waals surface area contributed by atoms with Crippen LogP contribution >= 0.6 is 0 Å². The van der Waals surface area contributed by atoms with Crippen molar-refractivity contribution in [1.29, 1.82) is 0 Å². The Hall–Kier alpha value is -3.09. The van der Waals surface area contributed by atoms with Crippen LogP contribution in [-0.4, -0.2) is 59.3 Å². The summed E-state index contributed by atoms with van der Waals surface area (Å²) in [5.41, 5.74) is 2.21. The number of nitrogens with zero attached hydrogens (tertiary/aromatic N) is 1. The number of rotatable bonds is 8. The molecular weight excluding hydrogens is 492 g/mol. The fourth-order valence-corrected chi connectivity index (χ4v) is 5.22. The molecule has 0 saturated carbocycles. The molecule has 4 rings (SSSR count). The zero-order chi connectivity index (χ0) is 25.2. The van der Waals surface area contributed by atoms with Gasteiger partial charge in [-0.15, -0.1) is 0 Å². The Labute approximate surface area is 204 Å². The van der Waals surface area contributed by atoms with E-state index in [1.165, 1.54) is 0 Å². The number of nitrogens with one attached hydrogen (secondary N) is 3. The minimum Gasteiger partial charge on any atom is -0.449 e. The van der Waals surface area contributed by atoms with E-state index < -0.39 is 20.0 Å². The van der Waals surface area contributed by atoms with Crippen molar-refractivity contribution in [3.05, 3.63) is 59.9 Å². The molecule has 12 heteroatoms. The van der Waals surface area contributed by atoms with Gasteiger partial charge in [0.1, 0.15) is 0 Å². The first kappa shape index (κ1) is 25.0. The lowest BCUT2D eigenvalue weighted by molar-refractivity contribution is 0.0883. The van der Waals surface area contributed by atoms with Crippen LogP contribution in [0.15, 0.2) is 52.9 Å². The highest BCUT2D eigenvalue weighted by Crippen LogP contribution is 2.28. The molecule has 0 unspecified atom stereocenters. The molecule has 0 radical (unpaired) electrons. The number of carbonyl (C=O) groups is 1. The number of likely N-dealkylation sites (tertiary alicyclic amines) is 1. The van der Waals surface area contributed by atoms with Crippen LogP contribution in [0.1, 0.15) is 29.0 Å². The number of benzene rings is 2. The average Bonchev–Trinajstić information content (AvgIpc) is 3.20. The molecule has 1 aliphatic rings. The van der Waals surface area contributed by atoms with Gasteiger partial charge in [-0.1, -0.05) is 24.3 Å². The summed E-state index contributed by atoms with van der Waals surface area (Å²) in [6.45, 7) is 2.34. The van der Waals surface area contributed by atoms with Gasteiger partial charge in [0.15, 0.2) is 11.3 Å². The Kier molecular flexibility index (Phi) is 7.06. The van der Waals surface area contributed by atoms with E-state index in [9.17, 15) is 21.6 Å². The second-order valence-corrected chi connectivity index (χ2v) is 12.3. The molecule has 0 spiro atoms. The number of para-hydroxylation sites is 1. The first-order valence-corrected chi connectivity index (χ1v) is 14.8. The van der Waals surface area contributed by atoms with Crippen LogP contribution in [0.2, 0.25) is 0 Å². The van der Waals surface area contributed by atoms with E-state index in [2.05, 4.69) is 19.7 Å². The maximum atomic E-state index is 12.8. The summed E-state index contributed by atoms with van der Waals surface area (Å²) in [6.07, 6.45) is 3.73. The fourth-order valence-electron chi connectivity index (χ4n) is 4.10. The van der Waals surface area contributed by atoms with Crippen molar-refractivity contribution in [3.63, 3.8) is 0 Å². The quantitative estimate of drug-likeness (QED) is 0.415. The molecule has 10 nitrogen and oxygen atoms in total. The number of fused-ring (bicyclic) bond motifs is 1. The van der Waals surface area contributed by atoms with Crippen LogP contribution in [0.25, 0.3) is 11.0 Å². The van der Waals surface area contributed by atoms with E-state index in [1.54, 1.807) is 36.4 Å². The van der Waals surface area contributed by atoms with E-state index in [0.717, 1.165) is 50.6 Å². The minimum absolute atomic E-state index is 0.00177. The van der Waals surface area contributed by atoms with Gasteiger partial charge in [-0.25, -0.2) is 16.8 Å². The van der Waals surface area contributed by atoms with E-state index in [4.69, 9.17) is 4.42 Å². The summed E-state index contributed by atoms with van der Waals surface area (Å²) in [5.74, 6) is -0.202. The summed E-state index contributed by atoms with van der Waals surface area (Å²) in [4.78, 5) is 15.1. The van der Waals surface area contributed by atoms with Crippen LogP contribution in [0, 0.1) is 0 Å². The Balaban J connectivity index is 1.31. The molecule has 0 atom stereocenters. The molecule has 1 amide bonds. The lowest BCUT2D eigenvalue weighted by Gasteiger charge is -2.32. The Morgan fingerprint density at radius 3 is 2.26 bits per heavy atom. The van der Waals surface area contributed by atoms with Gasteiger partial charge in [-0.2, -0.15) is 0 Å². The average molecular weight is 521 g/mol. The van der Waals surface area contributed by atoms with Crippen molar-refractivity contribution in [1.82, 2.24) is 10.2 Å². The van der Waals surface area contributed by atoms with Crippen molar-refractivity contribution in [3.8, 4) is 0 Å². The number of carbonyl (C=O) groups excluding carboxylic acids is 1. The molecule has 188 valence electrons. The third kappa shape index (κ3) is 6.96. The van der Waals surface area contributed by atoms with E-state index in [1.807, 2.05) is 12.1 Å². The van der Waals surface area contributed by atoms with Crippen LogP contribution in [0.4, 0.5) is 11.4 Å². The summed E-state index contributed by atoms with van der Waals surface area (Å²) in [7, 11) is -6.78. The standard InChI is InChI=1S/C23H28N4O6S2/c1-34(29,30)25-19-8-6-16(7-9-19)15-27-12-10-18(11-13-27)24-23(28)21-14-17-4-3-5-20(22(17)33-21)26-35(2,31)32/h3-9,14,18,25-26H,10-13,15H2,1-2H3,(H,24,28). The van der Waals surface area contributed by atoms with Gasteiger partial charge in [0.2, 0.25) is 20.0 Å². The SMILES string of the molecule is CS(=O)(=O)Nc1ccc(CN2CCC(NC(=O)c3cc4cccc(NS(C)(=O)=O)c4o3)CC2)cc1. The fraction of sp³-hybridized carbons (Fsp3) is 0.348. The van der Waals surface area contributed by atoms with E-state index in [-0.39, 0.29) is 23.4 Å². The number of piperidine rings is 1. The lowest BCUT2D eigenvalue weighted by Crippen LogP contribution is -2.44. The number of anilines is 2. The number of hydrogen-bond donors (Lipinski definition) is 3. The number of furan rings is 1. The molecule has 35 heavy (non-hydrogen) atoms. The maximum Gasteiger partial charge on any atom is 0.287 e. The Bertz CT molecular complexity index is 1420. The monoisotopic (exact) mass is 520 g/mol. The first-order valence-electron chi connectivity index (χ1n) is 11.1. The molecular formula is C23H28N4O6S2. The van der Waals surface area contributed by atoms with Gasteiger partial charge in [-0.3, -0.25) is 19.1 Å². The molecule has 0 aliphatic carbocycles. The Morgan fingerprint density at radius 1 is 0.971 bits per heavy atom. The summed E-state index contributed by atoms with van der Waals surface area (Å²) >= 11 is 0. The zero-order valence-electron chi connectivity index (χ0n) is 19.4. The summed E-state index contributed by atoms with van der Waals surface area (Å²) in [6, 6.07) is 13.9. The summed E-state index contributed by atoms with van der Waals surface area (Å²) < 4.78 is 56.4. The molecule has 3 aromatic rings. The molecule has 1 fully saturated rings. The number of amides is 1. The van der Waals surface area contributed by atoms with E-state index >= 15 is 0 Å². The van der Waals surface area contributed by atoms with Gasteiger partial charge in [0.25, 0.3) is 5.91 Å². The van der Waals surface area contributed by atoms with Crippen LogP contribution in [0.3, 0.4) is 0 Å². The third-order valence-corrected chi connectivity index (χ3v) is 6.85. The molecule has 0 bridgehead atoms. The Morgan fingerprint density at radius 2 is 1.63 bits per heavy atom. The van der Waals surface area contributed by atoms with Crippen molar-refractivity contribution >= 4 is 48.3 Å². The lowest BCUT2D eigenvalue weighted by atomic mass is 10.0. The zero-order valence-corrected chi connectivity index (χ0v) is 21.1. The number of hydrogen-bond acceptors (Lipinski definition) is 7. The largest absolute Gasteiger partial charge is 0.449 e. The van der Waals surface area contributed by atoms with Gasteiger partial charge >= 0.3 is 0 Å². The predicted octanol–water partition coefficient (Wildman–Crippen LogP) is 2.57. The van der Waals surface area contributed by atoms with Crippen molar-refractivity contribution < 1.29 is 26.0 Å². The van der Waals surface area contributed by atoms with Gasteiger partial charge in [0, 0.05) is 36.7 Å². The van der Waals surface area contributed by atoms with E-state index in [0.29, 0.717) is 16.7 Å². The molecule has 1 saturated heterocycles. The normalized spacial score (nSPS) is 15.7. The topological polar surface area (TPSA) is 138 Å². The number of sulfonamides is 2. The second kappa shape index (κ2) is 9.88. The van der Waals surface area contributed by atoms with Gasteiger partial charge < -0.3 is 9.73 Å². The second-order valence-electron chi connectivity index (χ2n) is 8.80. The van der Waals surface area contributed by atoms with Gasteiger partial charge in [-0.05, 0) is 42.7 Å². The molecule has 2 heterocycles. The molecule has 1 aliphatic heterocycles. The van der Waals surface area contributed by atoms with Crippen LogP contribution in [0.5, 0.6) is 0 Å². The minimum atomic E-state index is -3.48. The van der Waals surface area contributed by atoms with Crippen LogP contribution in [-0.2, 0) is 26.6 Å². The third-order valence-electron chi connectivity index (χ3n) is 5.65. The maximum absolute atomic E-state index is 12.8. The smallest absolute Gasteiger partial charge is 0.287 e.